The molecule has 0 fully saturated rings. The first kappa shape index (κ1) is 26.7. The lowest BCUT2D eigenvalue weighted by molar-refractivity contribution is -0.120. The maximum absolute atomic E-state index is 13.6. The number of benzene rings is 4. The van der Waals surface area contributed by atoms with Crippen LogP contribution < -0.4 is 10.1 Å². The van der Waals surface area contributed by atoms with E-state index in [1.54, 1.807) is 35.9 Å². The molecular formula is C32H26BrClN2O3. The monoisotopic (exact) mass is 600 g/mol. The Labute approximate surface area is 240 Å². The van der Waals surface area contributed by atoms with Crippen LogP contribution >= 0.6 is 27.5 Å². The molecule has 39 heavy (non-hydrogen) atoms. The number of methoxy groups -OCH3 is 1. The third-order valence-electron chi connectivity index (χ3n) is 6.82. The minimum absolute atomic E-state index is 0.0935. The van der Waals surface area contributed by atoms with Crippen LogP contribution in [0.2, 0.25) is 5.02 Å². The van der Waals surface area contributed by atoms with Crippen molar-refractivity contribution in [3.05, 3.63) is 135 Å². The third-order valence-corrected chi connectivity index (χ3v) is 7.60. The van der Waals surface area contributed by atoms with Crippen molar-refractivity contribution in [1.29, 1.82) is 0 Å². The van der Waals surface area contributed by atoms with Gasteiger partial charge in [0.2, 0.25) is 5.91 Å². The molecule has 0 unspecified atom stereocenters. The predicted molar refractivity (Wildman–Crippen MR) is 159 cm³/mol. The largest absolute Gasteiger partial charge is 0.497 e. The van der Waals surface area contributed by atoms with E-state index < -0.39 is 0 Å². The van der Waals surface area contributed by atoms with Gasteiger partial charge >= 0.3 is 0 Å². The summed E-state index contributed by atoms with van der Waals surface area (Å²) in [5.74, 6) is 0.302. The van der Waals surface area contributed by atoms with Gasteiger partial charge in [0.15, 0.2) is 0 Å². The van der Waals surface area contributed by atoms with Crippen LogP contribution in [0, 0.1) is 6.92 Å². The molecule has 5 nitrogen and oxygen atoms in total. The van der Waals surface area contributed by atoms with Crippen molar-refractivity contribution in [2.45, 2.75) is 19.4 Å². The topological polar surface area (TPSA) is 60.3 Å². The van der Waals surface area contributed by atoms with E-state index in [1.807, 2.05) is 79.7 Å². The van der Waals surface area contributed by atoms with Gasteiger partial charge < -0.3 is 10.1 Å². The number of rotatable bonds is 7. The highest BCUT2D eigenvalue weighted by Crippen LogP contribution is 2.31. The van der Waals surface area contributed by atoms with Gasteiger partial charge in [0.25, 0.3) is 5.91 Å². The number of halogens is 2. The van der Waals surface area contributed by atoms with Crippen molar-refractivity contribution in [2.75, 3.05) is 7.11 Å². The van der Waals surface area contributed by atoms with Crippen LogP contribution in [0.3, 0.4) is 0 Å². The van der Waals surface area contributed by atoms with Crippen LogP contribution in [0.4, 0.5) is 0 Å². The minimum Gasteiger partial charge on any atom is -0.497 e. The molecule has 1 amide bonds. The summed E-state index contributed by atoms with van der Waals surface area (Å²) in [6.45, 7) is 1.87. The molecule has 1 heterocycles. The molecule has 1 atom stereocenters. The fourth-order valence-electron chi connectivity index (χ4n) is 4.83. The molecule has 0 aliphatic carbocycles. The summed E-state index contributed by atoms with van der Waals surface area (Å²) in [7, 11) is 1.60. The highest BCUT2D eigenvalue weighted by Gasteiger charge is 2.24. The summed E-state index contributed by atoms with van der Waals surface area (Å²) < 4.78 is 8.09. The van der Waals surface area contributed by atoms with Crippen molar-refractivity contribution < 1.29 is 14.3 Å². The van der Waals surface area contributed by atoms with Crippen molar-refractivity contribution >= 4 is 50.2 Å². The summed E-state index contributed by atoms with van der Waals surface area (Å²) >= 11 is 9.53. The summed E-state index contributed by atoms with van der Waals surface area (Å²) in [6.07, 6.45) is 0.0935. The quantitative estimate of drug-likeness (QED) is 0.210. The first-order valence-electron chi connectivity index (χ1n) is 12.4. The van der Waals surface area contributed by atoms with E-state index in [1.165, 1.54) is 0 Å². The fourth-order valence-corrected chi connectivity index (χ4v) is 5.22. The molecule has 0 saturated heterocycles. The van der Waals surface area contributed by atoms with Crippen LogP contribution in [-0.4, -0.2) is 23.5 Å². The Bertz CT molecular complexity index is 1650. The van der Waals surface area contributed by atoms with Gasteiger partial charge in [0.1, 0.15) is 5.75 Å². The highest BCUT2D eigenvalue weighted by atomic mass is 79.9. The molecule has 0 saturated carbocycles. The molecular weight excluding hydrogens is 576 g/mol. The lowest BCUT2D eigenvalue weighted by Crippen LogP contribution is -2.30. The van der Waals surface area contributed by atoms with Gasteiger partial charge in [-0.1, -0.05) is 70.0 Å². The van der Waals surface area contributed by atoms with Crippen molar-refractivity contribution in [3.63, 3.8) is 0 Å². The molecule has 4 aromatic carbocycles. The first-order valence-corrected chi connectivity index (χ1v) is 13.6. The molecule has 0 radical (unpaired) electrons. The van der Waals surface area contributed by atoms with Crippen molar-refractivity contribution in [1.82, 2.24) is 9.88 Å². The van der Waals surface area contributed by atoms with Gasteiger partial charge in [-0.3, -0.25) is 14.2 Å². The third kappa shape index (κ3) is 5.63. The zero-order valence-electron chi connectivity index (χ0n) is 21.4. The molecule has 0 aliphatic heterocycles. The SMILES string of the molecule is COc1ccc2c(c1)c(CC(=O)N[C@@H](c1ccccc1)c1ccc(Br)cc1)c(C)n2C(=O)c1ccc(Cl)cc1. The number of hydrogen-bond acceptors (Lipinski definition) is 3. The van der Waals surface area contributed by atoms with Crippen molar-refractivity contribution in [3.8, 4) is 5.75 Å². The number of carbonyl (C=O) groups excluding carboxylic acids is 2. The lowest BCUT2D eigenvalue weighted by Gasteiger charge is -2.20. The maximum Gasteiger partial charge on any atom is 0.262 e. The average Bonchev–Trinajstić information content (AvgIpc) is 3.22. The normalized spacial score (nSPS) is 11.8. The maximum atomic E-state index is 13.6. The van der Waals surface area contributed by atoms with Crippen LogP contribution in [0.25, 0.3) is 10.9 Å². The van der Waals surface area contributed by atoms with E-state index in [0.29, 0.717) is 27.5 Å². The Morgan fingerprint density at radius 3 is 2.26 bits per heavy atom. The number of nitrogens with one attached hydrogen (secondary N) is 1. The summed E-state index contributed by atoms with van der Waals surface area (Å²) in [5.41, 5.74) is 4.64. The van der Waals surface area contributed by atoms with E-state index in [0.717, 1.165) is 26.5 Å². The lowest BCUT2D eigenvalue weighted by atomic mass is 9.98. The number of carbonyl (C=O) groups is 2. The summed E-state index contributed by atoms with van der Waals surface area (Å²) in [6, 6.07) is 29.8. The van der Waals surface area contributed by atoms with Crippen LogP contribution in [0.15, 0.2) is 102 Å². The van der Waals surface area contributed by atoms with E-state index in [4.69, 9.17) is 16.3 Å². The summed E-state index contributed by atoms with van der Waals surface area (Å²) in [5, 5.41) is 4.57. The Morgan fingerprint density at radius 2 is 1.59 bits per heavy atom. The molecule has 0 bridgehead atoms. The van der Waals surface area contributed by atoms with Crippen LogP contribution in [0.5, 0.6) is 5.75 Å². The number of nitrogens with zero attached hydrogens (tertiary/aromatic N) is 1. The van der Waals surface area contributed by atoms with Crippen LogP contribution in [-0.2, 0) is 11.2 Å². The van der Waals surface area contributed by atoms with Gasteiger partial charge in [-0.15, -0.1) is 0 Å². The molecule has 5 rings (SSSR count). The number of aromatic nitrogens is 1. The Hall–Kier alpha value is -3.87. The van der Waals surface area contributed by atoms with Gasteiger partial charge in [-0.05, 0) is 78.2 Å². The van der Waals surface area contributed by atoms with E-state index >= 15 is 0 Å². The van der Waals surface area contributed by atoms with Crippen LogP contribution in [0.1, 0.15) is 38.8 Å². The summed E-state index contributed by atoms with van der Waals surface area (Å²) in [4.78, 5) is 27.2. The van der Waals surface area contributed by atoms with Crippen molar-refractivity contribution in [2.24, 2.45) is 0 Å². The fraction of sp³-hybridized carbons (Fsp3) is 0.125. The number of fused-ring (bicyclic) bond motifs is 1. The first-order chi connectivity index (χ1) is 18.9. The Kier molecular flexibility index (Phi) is 7.87. The molecule has 196 valence electrons. The Balaban J connectivity index is 1.53. The second-order valence-electron chi connectivity index (χ2n) is 9.23. The molecule has 5 aromatic rings. The zero-order chi connectivity index (χ0) is 27.5. The van der Waals surface area contributed by atoms with Gasteiger partial charge in [0, 0.05) is 26.1 Å². The minimum atomic E-state index is -0.328. The number of ether oxygens (including phenoxy) is 1. The molecule has 1 N–H and O–H groups in total. The second kappa shape index (κ2) is 11.5. The van der Waals surface area contributed by atoms with E-state index in [9.17, 15) is 9.59 Å². The Morgan fingerprint density at radius 1 is 0.923 bits per heavy atom. The number of hydrogen-bond donors (Lipinski definition) is 1. The number of amides is 1. The predicted octanol–water partition coefficient (Wildman–Crippen LogP) is 7.51. The average molecular weight is 602 g/mol. The van der Waals surface area contributed by atoms with E-state index in [-0.39, 0.29) is 24.3 Å². The molecule has 7 heteroatoms. The zero-order valence-corrected chi connectivity index (χ0v) is 23.8. The van der Waals surface area contributed by atoms with E-state index in [2.05, 4.69) is 21.2 Å². The standard InChI is InChI=1S/C32H26BrClN2O3/c1-20-27(19-30(37)35-31(21-6-4-3-5-7-21)22-8-12-24(33)13-9-22)28-18-26(39-2)16-17-29(28)36(20)32(38)23-10-14-25(34)15-11-23/h3-18,31H,19H2,1-2H3,(H,35,37)/t31-/m0/s1. The van der Waals surface area contributed by atoms with Gasteiger partial charge in [-0.25, -0.2) is 0 Å². The molecule has 0 spiro atoms. The van der Waals surface area contributed by atoms with Gasteiger partial charge in [-0.2, -0.15) is 0 Å². The highest BCUT2D eigenvalue weighted by molar-refractivity contribution is 9.10. The molecule has 1 aromatic heterocycles. The second-order valence-corrected chi connectivity index (χ2v) is 10.6. The van der Waals surface area contributed by atoms with Gasteiger partial charge in [0.05, 0.1) is 25.1 Å². The smallest absolute Gasteiger partial charge is 0.262 e. The molecule has 0 aliphatic rings.